The third-order valence-electron chi connectivity index (χ3n) is 5.34. The molecule has 1 aromatic carbocycles. The summed E-state index contributed by atoms with van der Waals surface area (Å²) in [6, 6.07) is 8.32. The van der Waals surface area contributed by atoms with Crippen molar-refractivity contribution in [3.8, 4) is 5.75 Å². The largest absolute Gasteiger partial charge is 0.493 e. The Labute approximate surface area is 174 Å². The van der Waals surface area contributed by atoms with E-state index in [9.17, 15) is 13.2 Å². The van der Waals surface area contributed by atoms with Gasteiger partial charge >= 0.3 is 0 Å². The highest BCUT2D eigenvalue weighted by Crippen LogP contribution is 2.43. The Morgan fingerprint density at radius 1 is 1.37 bits per heavy atom. The van der Waals surface area contributed by atoms with Crippen LogP contribution in [0.15, 0.2) is 41.5 Å². The summed E-state index contributed by atoms with van der Waals surface area (Å²) < 4.78 is 31.9. The van der Waals surface area contributed by atoms with Crippen LogP contribution in [0.3, 0.4) is 0 Å². The average molecular weight is 425 g/mol. The van der Waals surface area contributed by atoms with Crippen LogP contribution in [0.2, 0.25) is 0 Å². The van der Waals surface area contributed by atoms with Gasteiger partial charge < -0.3 is 10.5 Å². The van der Waals surface area contributed by atoms with Crippen LogP contribution in [-0.2, 0) is 22.0 Å². The van der Waals surface area contributed by atoms with Gasteiger partial charge in [0, 0.05) is 31.6 Å². The number of aromatic nitrogens is 1. The maximum Gasteiger partial charge on any atom is 0.239 e. The fourth-order valence-corrected chi connectivity index (χ4v) is 5.15. The first-order valence-electron chi connectivity index (χ1n) is 9.19. The first kappa shape index (κ1) is 19.8. The summed E-state index contributed by atoms with van der Waals surface area (Å²) in [5.41, 5.74) is 6.77. The van der Waals surface area contributed by atoms with Crippen LogP contribution in [0.25, 0.3) is 4.85 Å². The van der Waals surface area contributed by atoms with Gasteiger partial charge in [-0.15, -0.1) is 0 Å². The summed E-state index contributed by atoms with van der Waals surface area (Å²) >= 11 is 0. The quantitative estimate of drug-likeness (QED) is 0.590. The van der Waals surface area contributed by atoms with Gasteiger partial charge in [-0.1, -0.05) is 12.1 Å². The molecule has 2 aliphatic rings. The highest BCUT2D eigenvalue weighted by Gasteiger charge is 2.46. The van der Waals surface area contributed by atoms with E-state index in [-0.39, 0.29) is 29.6 Å². The third kappa shape index (κ3) is 3.37. The number of hydrogen-bond acceptors (Lipinski definition) is 7. The standard InChI is InChI=1S/C20H19N5O4S/c1-22-14-4-5-16(23-11-14)17(26)10-13-3-6-18-15(9-13)20(7-8-29-18)12-30(27,28)25(2)19(21)24-20/h3-6,9,11H,7-8,10,12H2,2H3,(H2,21,24)/t20-/m0/s1. The van der Waals surface area contributed by atoms with Crippen molar-refractivity contribution in [2.24, 2.45) is 10.7 Å². The molecule has 0 amide bonds. The molecule has 9 nitrogen and oxygen atoms in total. The number of guanidine groups is 1. The lowest BCUT2D eigenvalue weighted by Crippen LogP contribution is -2.52. The molecule has 0 unspecified atom stereocenters. The Hall–Kier alpha value is -3.45. The van der Waals surface area contributed by atoms with Crippen molar-refractivity contribution in [2.75, 3.05) is 19.4 Å². The predicted molar refractivity (Wildman–Crippen MR) is 110 cm³/mol. The third-order valence-corrected chi connectivity index (χ3v) is 7.20. The minimum absolute atomic E-state index is 0.0690. The minimum Gasteiger partial charge on any atom is -0.493 e. The first-order valence-corrected chi connectivity index (χ1v) is 10.8. The number of benzene rings is 1. The molecule has 2 N–H and O–H groups in total. The van der Waals surface area contributed by atoms with Crippen LogP contribution in [-0.4, -0.2) is 48.9 Å². The van der Waals surface area contributed by atoms with E-state index in [1.165, 1.54) is 19.3 Å². The summed E-state index contributed by atoms with van der Waals surface area (Å²) in [6.07, 6.45) is 1.79. The molecule has 0 saturated carbocycles. The number of ketones is 1. The first-order chi connectivity index (χ1) is 14.2. The Bertz CT molecular complexity index is 1200. The Kier molecular flexibility index (Phi) is 4.70. The number of nitrogens with two attached hydrogens (primary N) is 1. The Morgan fingerprint density at radius 3 is 2.83 bits per heavy atom. The maximum absolute atomic E-state index is 12.6. The van der Waals surface area contributed by atoms with Crippen LogP contribution >= 0.6 is 0 Å². The molecule has 1 spiro atoms. The average Bonchev–Trinajstić information content (AvgIpc) is 2.72. The molecule has 0 radical (unpaired) electrons. The van der Waals surface area contributed by atoms with Crippen LogP contribution in [0, 0.1) is 6.57 Å². The number of rotatable bonds is 3. The zero-order chi connectivity index (χ0) is 21.5. The second-order valence-corrected chi connectivity index (χ2v) is 9.27. The number of pyridine rings is 1. The molecule has 3 heterocycles. The molecule has 2 aromatic rings. The summed E-state index contributed by atoms with van der Waals surface area (Å²) in [7, 11) is -2.25. The number of Topliss-reactive ketones (excluding diaryl/α,β-unsaturated/α-hetero) is 1. The molecule has 2 aliphatic heterocycles. The highest BCUT2D eigenvalue weighted by molar-refractivity contribution is 7.89. The van der Waals surface area contributed by atoms with E-state index in [1.807, 2.05) is 0 Å². The Morgan fingerprint density at radius 2 is 2.17 bits per heavy atom. The second kappa shape index (κ2) is 7.11. The number of fused-ring (bicyclic) bond motifs is 2. The predicted octanol–water partition coefficient (Wildman–Crippen LogP) is 1.63. The molecular weight excluding hydrogens is 406 g/mol. The lowest BCUT2D eigenvalue weighted by Gasteiger charge is -2.40. The molecule has 154 valence electrons. The minimum atomic E-state index is -3.63. The molecule has 1 atom stereocenters. The number of carbonyl (C=O) groups excluding carboxylic acids is 1. The Balaban J connectivity index is 1.69. The van der Waals surface area contributed by atoms with Gasteiger partial charge in [0.25, 0.3) is 0 Å². The van der Waals surface area contributed by atoms with Gasteiger partial charge in [-0.2, -0.15) is 0 Å². The van der Waals surface area contributed by atoms with E-state index >= 15 is 0 Å². The van der Waals surface area contributed by atoms with E-state index in [1.54, 1.807) is 24.3 Å². The number of ether oxygens (including phenoxy) is 1. The van der Waals surface area contributed by atoms with Gasteiger partial charge in [0.15, 0.2) is 5.78 Å². The molecule has 10 heteroatoms. The zero-order valence-electron chi connectivity index (χ0n) is 16.2. The van der Waals surface area contributed by atoms with Crippen LogP contribution in [0.5, 0.6) is 5.75 Å². The van der Waals surface area contributed by atoms with Crippen LogP contribution in [0.4, 0.5) is 5.69 Å². The van der Waals surface area contributed by atoms with Gasteiger partial charge in [-0.25, -0.2) is 22.6 Å². The van der Waals surface area contributed by atoms with E-state index in [0.717, 1.165) is 4.31 Å². The van der Waals surface area contributed by atoms with Crippen LogP contribution < -0.4 is 10.5 Å². The van der Waals surface area contributed by atoms with Crippen molar-refractivity contribution < 1.29 is 17.9 Å². The van der Waals surface area contributed by atoms with E-state index in [2.05, 4.69) is 14.8 Å². The fourth-order valence-electron chi connectivity index (χ4n) is 3.66. The van der Waals surface area contributed by atoms with Crippen LogP contribution in [0.1, 0.15) is 28.0 Å². The van der Waals surface area contributed by atoms with Gasteiger partial charge in [0.1, 0.15) is 17.0 Å². The number of nitrogens with zero attached hydrogens (tertiary/aromatic N) is 4. The SMILES string of the molecule is [C-]#[N+]c1ccc(C(=O)Cc2ccc3c(c2)[C@]2(CCO3)CS(=O)(=O)N(C)C(N)=N2)nc1. The smallest absolute Gasteiger partial charge is 0.239 e. The summed E-state index contributed by atoms with van der Waals surface area (Å²) in [6.45, 7) is 7.28. The van der Waals surface area contributed by atoms with Crippen molar-refractivity contribution in [2.45, 2.75) is 18.4 Å². The molecule has 0 aliphatic carbocycles. The number of carbonyl (C=O) groups is 1. The lowest BCUT2D eigenvalue weighted by atomic mass is 9.85. The molecular formula is C20H19N5O4S. The van der Waals surface area contributed by atoms with Crippen molar-refractivity contribution in [1.29, 1.82) is 0 Å². The second-order valence-electron chi connectivity index (χ2n) is 7.27. The van der Waals surface area contributed by atoms with Crippen molar-refractivity contribution in [1.82, 2.24) is 9.29 Å². The fraction of sp³-hybridized carbons (Fsp3) is 0.300. The topological polar surface area (TPSA) is 119 Å². The number of hydrogen-bond donors (Lipinski definition) is 1. The lowest BCUT2D eigenvalue weighted by molar-refractivity contribution is 0.0988. The highest BCUT2D eigenvalue weighted by atomic mass is 32.2. The van der Waals surface area contributed by atoms with Gasteiger partial charge in [0.05, 0.1) is 18.9 Å². The van der Waals surface area contributed by atoms with Gasteiger partial charge in [-0.05, 0) is 23.8 Å². The van der Waals surface area contributed by atoms with Gasteiger partial charge in [-0.3, -0.25) is 9.78 Å². The molecule has 1 aromatic heterocycles. The molecule has 0 saturated heterocycles. The molecule has 4 rings (SSSR count). The molecule has 0 bridgehead atoms. The zero-order valence-corrected chi connectivity index (χ0v) is 17.0. The van der Waals surface area contributed by atoms with Crippen molar-refractivity contribution in [3.63, 3.8) is 0 Å². The van der Waals surface area contributed by atoms with Gasteiger partial charge in [0.2, 0.25) is 21.7 Å². The monoisotopic (exact) mass is 425 g/mol. The maximum atomic E-state index is 12.6. The van der Waals surface area contributed by atoms with E-state index in [4.69, 9.17) is 17.0 Å². The number of aliphatic imine (C=N–C) groups is 1. The molecule has 30 heavy (non-hydrogen) atoms. The molecule has 0 fully saturated rings. The summed E-state index contributed by atoms with van der Waals surface area (Å²) in [5.74, 6) is 0.0363. The van der Waals surface area contributed by atoms with E-state index in [0.29, 0.717) is 35.6 Å². The summed E-state index contributed by atoms with van der Waals surface area (Å²) in [4.78, 5) is 24.5. The van der Waals surface area contributed by atoms with Crippen molar-refractivity contribution in [3.05, 3.63) is 64.8 Å². The number of sulfonamides is 1. The van der Waals surface area contributed by atoms with Crippen molar-refractivity contribution >= 4 is 27.5 Å². The normalized spacial score (nSPS) is 21.9. The summed E-state index contributed by atoms with van der Waals surface area (Å²) in [5, 5.41) is 0. The van der Waals surface area contributed by atoms with E-state index < -0.39 is 15.6 Å².